The van der Waals surface area contributed by atoms with Crippen molar-refractivity contribution in [3.05, 3.63) is 29.3 Å². The van der Waals surface area contributed by atoms with Gasteiger partial charge in [0.25, 0.3) is 0 Å². The number of hydrogen-bond acceptors (Lipinski definition) is 4. The van der Waals surface area contributed by atoms with E-state index in [-0.39, 0.29) is 6.79 Å². The fraction of sp³-hybridized carbons (Fsp3) is 0.538. The zero-order chi connectivity index (χ0) is 14.1. The van der Waals surface area contributed by atoms with E-state index in [1.54, 1.807) is 14.0 Å². The third kappa shape index (κ3) is 5.50. The topological polar surface area (TPSA) is 39.7 Å². The first-order valence-electron chi connectivity index (χ1n) is 6.07. The van der Waals surface area contributed by atoms with E-state index in [0.29, 0.717) is 31.9 Å². The highest BCUT2D eigenvalue weighted by atomic mass is 19.1. The van der Waals surface area contributed by atoms with E-state index in [2.05, 4.69) is 5.32 Å². The lowest BCUT2D eigenvalue weighted by Gasteiger charge is -2.10. The molecule has 0 atom stereocenters. The maximum Gasteiger partial charge on any atom is 0.193 e. The maximum absolute atomic E-state index is 13.6. The van der Waals surface area contributed by atoms with Crippen molar-refractivity contribution < 1.29 is 23.0 Å². The summed E-state index contributed by atoms with van der Waals surface area (Å²) in [5, 5.41) is 3.00. The molecule has 108 valence electrons. The predicted molar refractivity (Wildman–Crippen MR) is 67.1 cm³/mol. The average Bonchev–Trinajstić information content (AvgIpc) is 2.38. The number of rotatable bonds is 9. The highest BCUT2D eigenvalue weighted by Gasteiger charge is 2.12. The van der Waals surface area contributed by atoms with Crippen molar-refractivity contribution in [3.63, 3.8) is 0 Å². The second kappa shape index (κ2) is 8.79. The van der Waals surface area contributed by atoms with Crippen LogP contribution in [0.25, 0.3) is 0 Å². The maximum atomic E-state index is 13.6. The third-order valence-corrected chi connectivity index (χ3v) is 2.36. The molecule has 0 amide bonds. The van der Waals surface area contributed by atoms with Crippen LogP contribution in [0.4, 0.5) is 8.78 Å². The molecule has 0 saturated carbocycles. The molecule has 1 aromatic carbocycles. The van der Waals surface area contributed by atoms with Crippen LogP contribution in [0.3, 0.4) is 0 Å². The molecule has 6 heteroatoms. The van der Waals surface area contributed by atoms with Gasteiger partial charge in [-0.15, -0.1) is 0 Å². The summed E-state index contributed by atoms with van der Waals surface area (Å²) in [5.74, 6) is -1.87. The van der Waals surface area contributed by atoms with Crippen molar-refractivity contribution >= 4 is 0 Å². The van der Waals surface area contributed by atoms with Crippen LogP contribution in [0, 0.1) is 11.6 Å². The van der Waals surface area contributed by atoms with E-state index in [0.717, 1.165) is 0 Å². The highest BCUT2D eigenvalue weighted by Crippen LogP contribution is 2.23. The van der Waals surface area contributed by atoms with Crippen molar-refractivity contribution in [2.24, 2.45) is 0 Å². The van der Waals surface area contributed by atoms with Gasteiger partial charge in [-0.1, -0.05) is 0 Å². The van der Waals surface area contributed by atoms with Gasteiger partial charge in [-0.25, -0.2) is 8.78 Å². The number of halogens is 2. The van der Waals surface area contributed by atoms with E-state index < -0.39 is 17.4 Å². The molecule has 0 unspecified atom stereocenters. The molecule has 0 aliphatic carbocycles. The minimum Gasteiger partial charge on any atom is -0.461 e. The normalized spacial score (nSPS) is 10.7. The number of hydrogen-bond donors (Lipinski definition) is 1. The standard InChI is InChI=1S/C13H19F2NO3/c1-3-18-9-19-13-11(14)6-10(7-12(13)15)8-16-4-5-17-2/h6-7,16H,3-5,8-9H2,1-2H3. The minimum atomic E-state index is -0.733. The van der Waals surface area contributed by atoms with Crippen LogP contribution in [0.15, 0.2) is 12.1 Å². The van der Waals surface area contributed by atoms with Gasteiger partial charge in [-0.3, -0.25) is 0 Å². The molecule has 0 bridgehead atoms. The second-order valence-electron chi connectivity index (χ2n) is 3.81. The van der Waals surface area contributed by atoms with Crippen molar-refractivity contribution in [1.29, 1.82) is 0 Å². The molecule has 0 fully saturated rings. The van der Waals surface area contributed by atoms with Gasteiger partial charge in [0.05, 0.1) is 6.61 Å². The number of benzene rings is 1. The molecule has 0 heterocycles. The summed E-state index contributed by atoms with van der Waals surface area (Å²) in [5.41, 5.74) is 0.509. The smallest absolute Gasteiger partial charge is 0.193 e. The molecule has 0 aliphatic heterocycles. The summed E-state index contributed by atoms with van der Waals surface area (Å²) in [6, 6.07) is 2.48. The molecule has 0 saturated heterocycles. The average molecular weight is 275 g/mol. The molecule has 0 radical (unpaired) electrons. The van der Waals surface area contributed by atoms with Crippen LogP contribution in [-0.4, -0.2) is 33.7 Å². The Hall–Kier alpha value is -1.24. The molecule has 1 rings (SSSR count). The van der Waals surface area contributed by atoms with Gasteiger partial charge in [0, 0.05) is 26.8 Å². The lowest BCUT2D eigenvalue weighted by atomic mass is 10.2. The Morgan fingerprint density at radius 1 is 1.21 bits per heavy atom. The first-order valence-corrected chi connectivity index (χ1v) is 6.07. The summed E-state index contributed by atoms with van der Waals surface area (Å²) in [6.45, 7) is 3.54. The quantitative estimate of drug-likeness (QED) is 0.553. The van der Waals surface area contributed by atoms with Crippen molar-refractivity contribution in [3.8, 4) is 5.75 Å². The van der Waals surface area contributed by atoms with Crippen LogP contribution in [0.1, 0.15) is 12.5 Å². The van der Waals surface area contributed by atoms with Gasteiger partial charge in [-0.05, 0) is 24.6 Å². The molecule has 0 aliphatic rings. The summed E-state index contributed by atoms with van der Waals surface area (Å²) in [4.78, 5) is 0. The lowest BCUT2D eigenvalue weighted by Crippen LogP contribution is -2.18. The molecular formula is C13H19F2NO3. The summed E-state index contributed by atoms with van der Waals surface area (Å²) < 4.78 is 41.9. The fourth-order valence-corrected chi connectivity index (χ4v) is 1.44. The summed E-state index contributed by atoms with van der Waals surface area (Å²) >= 11 is 0. The molecule has 1 N–H and O–H groups in total. The first kappa shape index (κ1) is 15.8. The SMILES string of the molecule is CCOCOc1c(F)cc(CNCCOC)cc1F. The van der Waals surface area contributed by atoms with Gasteiger partial charge < -0.3 is 19.5 Å². The lowest BCUT2D eigenvalue weighted by molar-refractivity contribution is 0.0176. The Labute approximate surface area is 111 Å². The Morgan fingerprint density at radius 2 is 1.89 bits per heavy atom. The van der Waals surface area contributed by atoms with Crippen LogP contribution >= 0.6 is 0 Å². The van der Waals surface area contributed by atoms with Crippen molar-refractivity contribution in [2.45, 2.75) is 13.5 Å². The zero-order valence-electron chi connectivity index (χ0n) is 11.2. The minimum absolute atomic E-state index is 0.171. The summed E-state index contributed by atoms with van der Waals surface area (Å²) in [6.07, 6.45) is 0. The predicted octanol–water partition coefficient (Wildman–Crippen LogP) is 2.07. The monoisotopic (exact) mass is 275 g/mol. The van der Waals surface area contributed by atoms with Crippen LogP contribution in [0.5, 0.6) is 5.75 Å². The fourth-order valence-electron chi connectivity index (χ4n) is 1.44. The van der Waals surface area contributed by atoms with Crippen LogP contribution in [0.2, 0.25) is 0 Å². The van der Waals surface area contributed by atoms with Gasteiger partial charge >= 0.3 is 0 Å². The van der Waals surface area contributed by atoms with Crippen LogP contribution in [-0.2, 0) is 16.0 Å². The van der Waals surface area contributed by atoms with E-state index in [9.17, 15) is 8.78 Å². The van der Waals surface area contributed by atoms with Crippen LogP contribution < -0.4 is 10.1 Å². The van der Waals surface area contributed by atoms with Crippen molar-refractivity contribution in [1.82, 2.24) is 5.32 Å². The molecule has 4 nitrogen and oxygen atoms in total. The third-order valence-electron chi connectivity index (χ3n) is 2.36. The first-order chi connectivity index (χ1) is 9.19. The molecule has 0 aromatic heterocycles. The van der Waals surface area contributed by atoms with E-state index in [4.69, 9.17) is 14.2 Å². The van der Waals surface area contributed by atoms with E-state index in [1.807, 2.05) is 0 Å². The molecule has 1 aromatic rings. The Bertz CT molecular complexity index is 365. The van der Waals surface area contributed by atoms with E-state index in [1.165, 1.54) is 12.1 Å². The zero-order valence-corrected chi connectivity index (χ0v) is 11.2. The van der Waals surface area contributed by atoms with Crippen molar-refractivity contribution in [2.75, 3.05) is 33.7 Å². The Balaban J connectivity index is 2.57. The Kier molecular flexibility index (Phi) is 7.32. The molecule has 19 heavy (non-hydrogen) atoms. The molecule has 0 spiro atoms. The highest BCUT2D eigenvalue weighted by molar-refractivity contribution is 5.31. The number of nitrogens with one attached hydrogen (secondary N) is 1. The number of methoxy groups -OCH3 is 1. The van der Waals surface area contributed by atoms with Gasteiger partial charge in [0.2, 0.25) is 0 Å². The van der Waals surface area contributed by atoms with Gasteiger partial charge in [0.15, 0.2) is 24.2 Å². The second-order valence-corrected chi connectivity index (χ2v) is 3.81. The van der Waals surface area contributed by atoms with Gasteiger partial charge in [-0.2, -0.15) is 0 Å². The summed E-state index contributed by atoms with van der Waals surface area (Å²) in [7, 11) is 1.59. The Morgan fingerprint density at radius 3 is 2.47 bits per heavy atom. The van der Waals surface area contributed by atoms with Gasteiger partial charge in [0.1, 0.15) is 0 Å². The molecular weight excluding hydrogens is 256 g/mol. The largest absolute Gasteiger partial charge is 0.461 e. The van der Waals surface area contributed by atoms with E-state index >= 15 is 0 Å². The number of ether oxygens (including phenoxy) is 3.